The molecule has 0 bridgehead atoms. The Balaban J connectivity index is 1.20. The third kappa shape index (κ3) is 6.34. The molecule has 2 aromatic heterocycles. The van der Waals surface area contributed by atoms with Crippen LogP contribution >= 0.6 is 34.9 Å². The lowest BCUT2D eigenvalue weighted by Gasteiger charge is -2.49. The van der Waals surface area contributed by atoms with E-state index >= 15 is 0 Å². The number of nitrogens with one attached hydrogen (secondary N) is 1. The van der Waals surface area contributed by atoms with Gasteiger partial charge in [-0.3, -0.25) is 20.3 Å². The van der Waals surface area contributed by atoms with Crippen LogP contribution in [0.15, 0.2) is 45.2 Å². The Hall–Kier alpha value is -5.28. The molecule has 18 nitrogen and oxygen atoms in total. The van der Waals surface area contributed by atoms with Crippen LogP contribution in [0.4, 0.5) is 10.9 Å². The number of aliphatic carboxylic acids is 2. The first-order chi connectivity index (χ1) is 23.3. The number of thioether (sulfide) groups is 2. The van der Waals surface area contributed by atoms with E-state index in [-0.39, 0.29) is 33.6 Å². The Labute approximate surface area is 288 Å². The molecule has 6 rings (SSSR count). The minimum absolute atomic E-state index is 0.0574. The number of carbonyl (C=O) groups is 4. The minimum atomic E-state index is -1.82. The monoisotopic (exact) mass is 730 g/mol. The van der Waals surface area contributed by atoms with Gasteiger partial charge in [0.15, 0.2) is 22.3 Å². The van der Waals surface area contributed by atoms with Crippen molar-refractivity contribution in [3.63, 3.8) is 0 Å². The van der Waals surface area contributed by atoms with Gasteiger partial charge < -0.3 is 42.0 Å². The van der Waals surface area contributed by atoms with Gasteiger partial charge in [-0.2, -0.15) is 0 Å². The van der Waals surface area contributed by atoms with Gasteiger partial charge in [0.1, 0.15) is 28.5 Å². The van der Waals surface area contributed by atoms with Crippen molar-refractivity contribution in [1.82, 2.24) is 20.2 Å². The van der Waals surface area contributed by atoms with E-state index in [9.17, 15) is 39.6 Å². The third-order valence-electron chi connectivity index (χ3n) is 7.88. The molecule has 21 heteroatoms. The maximum absolute atomic E-state index is 13.5. The predicted octanol–water partition coefficient (Wildman–Crippen LogP) is -0.319. The van der Waals surface area contributed by atoms with Crippen LogP contribution in [0.5, 0.6) is 11.5 Å². The molecule has 256 valence electrons. The standard InChI is InChI=1S/C28H27N9O9S3/c29-21-12-2-1-3-14(12)37(31)28(34-21)49-8-11-7-47-24-18(23(41)36(24)19(11)25(42)43)33-22(40)17(13-9-48-27(30)32-13)35-46-20(26(44)45)10-4-5-15(38)16(39)6-10/h4-6,9,18,20,24,29H,1-3,7-8,31H2,(H7,30,32,33,35,38,39,40,42,43,44,45)/p+1/t18-,20+,24-/m1/s1. The number of hydrogen-bond acceptors (Lipinski definition) is 16. The van der Waals surface area contributed by atoms with Crippen LogP contribution in [0.1, 0.15) is 35.0 Å². The summed E-state index contributed by atoms with van der Waals surface area (Å²) in [5.74, 6) is 1.41. The number of aromatic hydroxyl groups is 2. The highest BCUT2D eigenvalue weighted by Gasteiger charge is 2.54. The summed E-state index contributed by atoms with van der Waals surface area (Å²) in [6.45, 7) is 0. The fourth-order valence-electron chi connectivity index (χ4n) is 5.53. The molecule has 1 fully saturated rings. The number of nitrogens with zero attached hydrogens (tertiary/aromatic N) is 5. The molecule has 3 atom stereocenters. The van der Waals surface area contributed by atoms with Crippen LogP contribution in [-0.4, -0.2) is 87.7 Å². The number of amides is 2. The second kappa shape index (κ2) is 13.3. The molecule has 0 saturated carbocycles. The van der Waals surface area contributed by atoms with Gasteiger partial charge in [0.2, 0.25) is 11.9 Å². The summed E-state index contributed by atoms with van der Waals surface area (Å²) >= 11 is 3.40. The number of anilines is 2. The average Bonchev–Trinajstić information content (AvgIpc) is 3.73. The molecule has 0 spiro atoms. The van der Waals surface area contributed by atoms with Gasteiger partial charge in [-0.05, 0) is 47.3 Å². The lowest BCUT2D eigenvalue weighted by molar-refractivity contribution is -0.689. The van der Waals surface area contributed by atoms with Gasteiger partial charge in [-0.1, -0.05) is 11.2 Å². The summed E-state index contributed by atoms with van der Waals surface area (Å²) in [4.78, 5) is 66.0. The third-order valence-corrected chi connectivity index (χ3v) is 10.9. The van der Waals surface area contributed by atoms with Crippen molar-refractivity contribution in [1.29, 1.82) is 0 Å². The number of thiazole rings is 1. The molecule has 1 aliphatic carbocycles. The first kappa shape index (κ1) is 33.6. The first-order valence-electron chi connectivity index (χ1n) is 14.4. The van der Waals surface area contributed by atoms with Crippen LogP contribution in [0, 0.1) is 0 Å². The van der Waals surface area contributed by atoms with E-state index < -0.39 is 58.5 Å². The SMILES string of the molecule is Nc1nc(/C(=N/O[C@H](C(=O)O)c2ccc(O)c(O)c2)C(=O)N[C@@H]2C(=O)N3C(C(=O)O)=C(CSc4nc(N)c5c([n+]4N)CCC5)CS[C@H]23)cs1. The summed E-state index contributed by atoms with van der Waals surface area (Å²) in [6, 6.07) is 2.02. The molecule has 0 radical (unpaired) electrons. The first-order valence-corrected chi connectivity index (χ1v) is 17.3. The normalized spacial score (nSPS) is 19.1. The number of β-lactam (4-membered cyclic amide) rings is 1. The summed E-state index contributed by atoms with van der Waals surface area (Å²) in [6.07, 6.45) is 0.611. The molecule has 49 heavy (non-hydrogen) atoms. The largest absolute Gasteiger partial charge is 0.504 e. The molecule has 2 aliphatic heterocycles. The Morgan fingerprint density at radius 3 is 2.63 bits per heavy atom. The zero-order valence-corrected chi connectivity index (χ0v) is 27.5. The van der Waals surface area contributed by atoms with Crippen molar-refractivity contribution < 1.29 is 49.1 Å². The fraction of sp³-hybridized carbons (Fsp3) is 0.286. The number of rotatable bonds is 11. The number of carboxylic acids is 2. The highest BCUT2D eigenvalue weighted by molar-refractivity contribution is 8.01. The summed E-state index contributed by atoms with van der Waals surface area (Å²) in [5, 5.41) is 46.6. The van der Waals surface area contributed by atoms with E-state index in [0.29, 0.717) is 16.5 Å². The zero-order chi connectivity index (χ0) is 35.1. The molecule has 4 heterocycles. The van der Waals surface area contributed by atoms with E-state index in [0.717, 1.165) is 58.9 Å². The molecule has 3 aliphatic rings. The summed E-state index contributed by atoms with van der Waals surface area (Å²) in [7, 11) is 0. The van der Waals surface area contributed by atoms with Gasteiger partial charge in [0.05, 0.1) is 5.56 Å². The van der Waals surface area contributed by atoms with Crippen molar-refractivity contribution in [2.45, 2.75) is 41.9 Å². The Morgan fingerprint density at radius 2 is 1.96 bits per heavy atom. The number of nitrogen functional groups attached to an aromatic ring is 3. The van der Waals surface area contributed by atoms with Crippen LogP contribution in [0.25, 0.3) is 0 Å². The number of carboxylic acid groups (broad SMARTS) is 2. The number of hydrogen-bond donors (Lipinski definition) is 8. The number of fused-ring (bicyclic) bond motifs is 2. The maximum atomic E-state index is 13.5. The molecule has 3 aromatic rings. The number of benzene rings is 1. The molecular formula is C28H28N9O9S3+. The van der Waals surface area contributed by atoms with Crippen molar-refractivity contribution in [2.75, 3.05) is 28.8 Å². The highest BCUT2D eigenvalue weighted by Crippen LogP contribution is 2.41. The molecular weight excluding hydrogens is 703 g/mol. The predicted molar refractivity (Wildman–Crippen MR) is 176 cm³/mol. The Kier molecular flexibility index (Phi) is 9.14. The van der Waals surface area contributed by atoms with Gasteiger partial charge in [0.25, 0.3) is 11.8 Å². The molecule has 1 aromatic carbocycles. The maximum Gasteiger partial charge on any atom is 0.385 e. The van der Waals surface area contributed by atoms with E-state index in [1.54, 1.807) is 0 Å². The van der Waals surface area contributed by atoms with Gasteiger partial charge in [-0.25, -0.2) is 14.6 Å². The van der Waals surface area contributed by atoms with Gasteiger partial charge >= 0.3 is 17.1 Å². The van der Waals surface area contributed by atoms with E-state index in [1.165, 1.54) is 39.6 Å². The number of phenolic OH excluding ortho intramolecular Hbond substituents is 2. The lowest BCUT2D eigenvalue weighted by Crippen LogP contribution is -2.71. The fourth-order valence-corrected chi connectivity index (χ4v) is 8.50. The lowest BCUT2D eigenvalue weighted by atomic mass is 10.0. The van der Waals surface area contributed by atoms with E-state index in [1.807, 2.05) is 0 Å². The quantitative estimate of drug-likeness (QED) is 0.0183. The topological polar surface area (TPSA) is 294 Å². The number of phenols is 2. The number of oxime groups is 1. The Morgan fingerprint density at radius 1 is 1.18 bits per heavy atom. The minimum Gasteiger partial charge on any atom is -0.504 e. The van der Waals surface area contributed by atoms with Crippen molar-refractivity contribution in [2.24, 2.45) is 5.16 Å². The van der Waals surface area contributed by atoms with Crippen molar-refractivity contribution in [3.8, 4) is 11.5 Å². The highest BCUT2D eigenvalue weighted by atomic mass is 32.2. The van der Waals surface area contributed by atoms with Crippen LogP contribution in [0.2, 0.25) is 0 Å². The van der Waals surface area contributed by atoms with Crippen LogP contribution < -0.4 is 27.3 Å². The smallest absolute Gasteiger partial charge is 0.385 e. The van der Waals surface area contributed by atoms with Gasteiger partial charge in [-0.15, -0.1) is 27.8 Å². The van der Waals surface area contributed by atoms with E-state index in [4.69, 9.17) is 22.1 Å². The zero-order valence-electron chi connectivity index (χ0n) is 25.1. The molecule has 0 unspecified atom stereocenters. The van der Waals surface area contributed by atoms with Crippen LogP contribution in [-0.2, 0) is 36.9 Å². The van der Waals surface area contributed by atoms with Crippen molar-refractivity contribution >= 4 is 75.3 Å². The molecule has 2 amide bonds. The molecule has 11 N–H and O–H groups in total. The average molecular weight is 731 g/mol. The Bertz CT molecular complexity index is 1970. The summed E-state index contributed by atoms with van der Waals surface area (Å²) < 4.78 is 1.47. The number of aromatic nitrogens is 3. The number of nitrogens with two attached hydrogens (primary N) is 3. The molecule has 1 saturated heterocycles. The van der Waals surface area contributed by atoms with Gasteiger partial charge in [0, 0.05) is 28.9 Å². The second-order valence-corrected chi connectivity index (χ2v) is 13.9. The van der Waals surface area contributed by atoms with E-state index in [2.05, 4.69) is 20.4 Å². The summed E-state index contributed by atoms with van der Waals surface area (Å²) in [5.41, 5.74) is 13.2. The van der Waals surface area contributed by atoms with Crippen molar-refractivity contribution in [3.05, 3.63) is 57.4 Å². The second-order valence-electron chi connectivity index (χ2n) is 10.9. The van der Waals surface area contributed by atoms with Crippen LogP contribution in [0.3, 0.4) is 0 Å². The number of carbonyl (C=O) groups excluding carboxylic acids is 2.